The number of ether oxygens (including phenoxy) is 1. The molecule has 10 aromatic rings. The monoisotopic (exact) mass is 712 g/mol. The van der Waals surface area contributed by atoms with E-state index in [4.69, 9.17) is 14.7 Å². The van der Waals surface area contributed by atoms with Gasteiger partial charge in [0, 0.05) is 28.6 Å². The van der Waals surface area contributed by atoms with Gasteiger partial charge in [-0.25, -0.2) is 9.97 Å². The zero-order chi connectivity index (χ0) is 31.4. The van der Waals surface area contributed by atoms with Gasteiger partial charge in [-0.1, -0.05) is 109 Å². The molecule has 0 radical (unpaired) electrons. The molecule has 0 atom stereocenters. The van der Waals surface area contributed by atoms with Crippen LogP contribution in [0.5, 0.6) is 11.5 Å². The van der Waals surface area contributed by atoms with Crippen LogP contribution < -0.4 is 4.74 Å². The normalized spacial score (nSPS) is 12.3. The summed E-state index contributed by atoms with van der Waals surface area (Å²) >= 11 is 0. The molecule has 0 N–H and O–H groups in total. The Morgan fingerprint density at radius 3 is 1.88 bits per heavy atom. The van der Waals surface area contributed by atoms with Crippen molar-refractivity contribution in [3.05, 3.63) is 121 Å². The smallest absolute Gasteiger partial charge is 0.497 e. The molecule has 0 saturated heterocycles. The Labute approximate surface area is 288 Å². The molecule has 0 fully saturated rings. The minimum Gasteiger partial charge on any atom is -0.497 e. The number of aromatic nitrogens is 6. The van der Waals surface area contributed by atoms with Crippen LogP contribution in [0.3, 0.4) is 0 Å². The van der Waals surface area contributed by atoms with Gasteiger partial charge in [0.1, 0.15) is 12.0 Å². The molecule has 0 aliphatic heterocycles. The molecule has 5 aromatic carbocycles. The van der Waals surface area contributed by atoms with Crippen molar-refractivity contribution in [2.45, 2.75) is 26.2 Å². The Bertz CT molecular complexity index is 2940. The zero-order valence-corrected chi connectivity index (χ0v) is 27.8. The number of para-hydroxylation sites is 5. The summed E-state index contributed by atoms with van der Waals surface area (Å²) in [5.74, 6) is 1.15. The van der Waals surface area contributed by atoms with E-state index in [1.807, 2.05) is 48.7 Å². The molecule has 0 saturated carbocycles. The Morgan fingerprint density at radius 1 is 0.604 bits per heavy atom. The van der Waals surface area contributed by atoms with Gasteiger partial charge in [-0.2, -0.15) is 0 Å². The first-order valence-electron chi connectivity index (χ1n) is 15.7. The first kappa shape index (κ1) is 28.8. The average molecular weight is 713 g/mol. The predicted octanol–water partition coefficient (Wildman–Crippen LogP) is 9.38. The van der Waals surface area contributed by atoms with Gasteiger partial charge in [0.15, 0.2) is 0 Å². The van der Waals surface area contributed by atoms with Crippen molar-refractivity contribution in [3.63, 3.8) is 0 Å². The van der Waals surface area contributed by atoms with Crippen LogP contribution in [0.25, 0.3) is 76.8 Å². The maximum atomic E-state index is 6.53. The Kier molecular flexibility index (Phi) is 6.17. The van der Waals surface area contributed by atoms with Crippen molar-refractivity contribution < 1.29 is 25.2 Å². The molecule has 0 amide bonds. The fourth-order valence-electron chi connectivity index (χ4n) is 7.11. The van der Waals surface area contributed by atoms with Crippen LogP contribution in [0.4, 0.5) is 0 Å². The molecule has 0 aliphatic carbocycles. The molecule has 0 unspecified atom stereocenters. The Hall–Kier alpha value is -5.42. The van der Waals surface area contributed by atoms with Crippen molar-refractivity contribution in [3.8, 4) is 11.5 Å². The summed E-state index contributed by atoms with van der Waals surface area (Å²) in [5, 5.41) is 5.87. The molecule has 0 aliphatic rings. The van der Waals surface area contributed by atoms with E-state index in [9.17, 15) is 0 Å². The number of pyridine rings is 2. The minimum absolute atomic E-state index is 0. The molecule has 0 bridgehead atoms. The number of hydrogen-bond acceptors (Lipinski definition) is 5. The Balaban J connectivity index is 0.00000314. The second kappa shape index (κ2) is 10.3. The quantitative estimate of drug-likeness (QED) is 0.102. The molecule has 0 spiro atoms. The minimum atomic E-state index is -0.0618. The van der Waals surface area contributed by atoms with Crippen LogP contribution in [0, 0.1) is 12.1 Å². The maximum Gasteiger partial charge on any atom is 2.00 e. The summed E-state index contributed by atoms with van der Waals surface area (Å²) in [6.07, 6.45) is 3.42. The third-order valence-corrected chi connectivity index (χ3v) is 9.18. The van der Waals surface area contributed by atoms with Gasteiger partial charge in [0.2, 0.25) is 0 Å². The maximum absolute atomic E-state index is 6.53. The summed E-state index contributed by atoms with van der Waals surface area (Å²) in [6.45, 7) is 6.78. The van der Waals surface area contributed by atoms with E-state index in [2.05, 4.69) is 100 Å². The average Bonchev–Trinajstić information content (AvgIpc) is 3.68. The Morgan fingerprint density at radius 2 is 1.21 bits per heavy atom. The number of imidazole rings is 2. The SMILES string of the molecule is CC(C)(C)c1cccc2c3ccc(Oc4[c-]c5c(cc4)c4cncnc4n4c6ccccc6nc54)[c-]c3c3nc4ccccc4n3c12.[Pd+2]. The summed E-state index contributed by atoms with van der Waals surface area (Å²) in [6, 6.07) is 38.2. The van der Waals surface area contributed by atoms with E-state index in [0.29, 0.717) is 11.5 Å². The van der Waals surface area contributed by atoms with Crippen molar-refractivity contribution >= 4 is 76.8 Å². The molecule has 232 valence electrons. The van der Waals surface area contributed by atoms with Crippen LogP contribution in [0.1, 0.15) is 26.3 Å². The number of fused-ring (bicyclic) bond motifs is 16. The van der Waals surface area contributed by atoms with Crippen LogP contribution in [-0.2, 0) is 25.8 Å². The van der Waals surface area contributed by atoms with E-state index in [1.165, 1.54) is 11.1 Å². The van der Waals surface area contributed by atoms with Gasteiger partial charge in [-0.15, -0.1) is 12.1 Å². The van der Waals surface area contributed by atoms with E-state index < -0.39 is 0 Å². The van der Waals surface area contributed by atoms with E-state index in [1.54, 1.807) is 6.33 Å². The topological polar surface area (TPSA) is 69.6 Å². The number of hydrogen-bond donors (Lipinski definition) is 0. The van der Waals surface area contributed by atoms with Crippen molar-refractivity contribution in [2.75, 3.05) is 0 Å². The molecule has 7 nitrogen and oxygen atoms in total. The predicted molar refractivity (Wildman–Crippen MR) is 187 cm³/mol. The van der Waals surface area contributed by atoms with E-state index >= 15 is 0 Å². The molecule has 5 aromatic heterocycles. The van der Waals surface area contributed by atoms with Gasteiger partial charge in [0.05, 0.1) is 33.4 Å². The summed E-state index contributed by atoms with van der Waals surface area (Å²) in [5.41, 5.74) is 8.70. The van der Waals surface area contributed by atoms with Gasteiger partial charge < -0.3 is 13.5 Å². The van der Waals surface area contributed by atoms with Crippen molar-refractivity contribution in [1.82, 2.24) is 28.7 Å². The molecule has 10 rings (SSSR count). The van der Waals surface area contributed by atoms with Crippen LogP contribution in [0.15, 0.2) is 104 Å². The van der Waals surface area contributed by atoms with Gasteiger partial charge in [-0.05, 0) is 40.6 Å². The largest absolute Gasteiger partial charge is 2.00 e. The number of nitrogens with zero attached hydrogens (tertiary/aromatic N) is 6. The van der Waals surface area contributed by atoms with Crippen molar-refractivity contribution in [1.29, 1.82) is 0 Å². The summed E-state index contributed by atoms with van der Waals surface area (Å²) < 4.78 is 10.9. The fraction of sp³-hybridized carbons (Fsp3) is 0.100. The molecule has 5 heterocycles. The van der Waals surface area contributed by atoms with Gasteiger partial charge in [0.25, 0.3) is 0 Å². The standard InChI is InChI=1S/C40H26N6O.Pd/c1-40(2,3)31-10-8-9-27-25-17-15-23(19-28(25)38-43-32-11-4-6-13-34(32)45(38)36(27)31)47-24-16-18-26-29(20-24)39-44-33-12-5-7-14-35(33)46(39)37-30(26)21-41-22-42-37;/h4-18,21-22H,1-3H3;/q-2;+2. The fourth-order valence-corrected chi connectivity index (χ4v) is 7.11. The van der Waals surface area contributed by atoms with Crippen LogP contribution in [-0.4, -0.2) is 28.7 Å². The summed E-state index contributed by atoms with van der Waals surface area (Å²) in [4.78, 5) is 19.1. The molecule has 8 heteroatoms. The van der Waals surface area contributed by atoms with Gasteiger partial charge in [-0.3, -0.25) is 9.97 Å². The van der Waals surface area contributed by atoms with Crippen LogP contribution >= 0.6 is 0 Å². The first-order chi connectivity index (χ1) is 22.9. The third kappa shape index (κ3) is 4.03. The first-order valence-corrected chi connectivity index (χ1v) is 15.7. The zero-order valence-electron chi connectivity index (χ0n) is 26.2. The van der Waals surface area contributed by atoms with E-state index in [-0.39, 0.29) is 25.8 Å². The third-order valence-electron chi connectivity index (χ3n) is 9.18. The van der Waals surface area contributed by atoms with Gasteiger partial charge >= 0.3 is 20.4 Å². The van der Waals surface area contributed by atoms with E-state index in [0.717, 1.165) is 71.3 Å². The second-order valence-corrected chi connectivity index (χ2v) is 13.1. The number of benzene rings is 5. The number of rotatable bonds is 2. The summed E-state index contributed by atoms with van der Waals surface area (Å²) in [7, 11) is 0. The molecule has 48 heavy (non-hydrogen) atoms. The van der Waals surface area contributed by atoms with Crippen molar-refractivity contribution in [2.24, 2.45) is 0 Å². The molecular formula is C40H26N6OPd. The van der Waals surface area contributed by atoms with Crippen LogP contribution in [0.2, 0.25) is 0 Å². The second-order valence-electron chi connectivity index (χ2n) is 13.1. The molecular weight excluding hydrogens is 687 g/mol.